The number of hydrogen-bond donors (Lipinski definition) is 3. The third-order valence-corrected chi connectivity index (χ3v) is 4.77. The fourth-order valence-electron chi connectivity index (χ4n) is 2.86. The van der Waals surface area contributed by atoms with Gasteiger partial charge in [-0.1, -0.05) is 13.3 Å². The van der Waals surface area contributed by atoms with Crippen molar-refractivity contribution in [3.8, 4) is 5.75 Å². The van der Waals surface area contributed by atoms with Gasteiger partial charge < -0.3 is 14.8 Å². The molecule has 7 nitrogen and oxygen atoms in total. The Bertz CT molecular complexity index is 1100. The van der Waals surface area contributed by atoms with Gasteiger partial charge in [-0.3, -0.25) is 9.52 Å². The Hall–Kier alpha value is -3.00. The summed E-state index contributed by atoms with van der Waals surface area (Å²) in [5.41, 5.74) is 1.53. The number of fused-ring (bicyclic) bond motifs is 1. The van der Waals surface area contributed by atoms with E-state index >= 15 is 0 Å². The van der Waals surface area contributed by atoms with E-state index in [2.05, 4.69) is 17.0 Å². The summed E-state index contributed by atoms with van der Waals surface area (Å²) < 4.78 is 31.4. The van der Waals surface area contributed by atoms with E-state index in [4.69, 9.17) is 4.42 Å². The molecule has 1 heterocycles. The molecular formula is C20H22N2O5S. The van der Waals surface area contributed by atoms with E-state index in [1.807, 2.05) is 0 Å². The predicted octanol–water partition coefficient (Wildman–Crippen LogP) is 3.95. The van der Waals surface area contributed by atoms with Crippen LogP contribution in [-0.4, -0.2) is 32.1 Å². The number of rotatable bonds is 8. The lowest BCUT2D eigenvalue weighted by molar-refractivity contribution is 0.104. The highest BCUT2D eigenvalue weighted by atomic mass is 32.2. The molecule has 0 spiro atoms. The van der Waals surface area contributed by atoms with Gasteiger partial charge in [0.15, 0.2) is 5.78 Å². The van der Waals surface area contributed by atoms with Crippen molar-refractivity contribution in [3.05, 3.63) is 53.6 Å². The molecule has 2 aromatic carbocycles. The van der Waals surface area contributed by atoms with Crippen LogP contribution in [0.25, 0.3) is 11.0 Å². The summed E-state index contributed by atoms with van der Waals surface area (Å²) in [5, 5.41) is 13.1. The number of hydrogen-bond acceptors (Lipinski definition) is 6. The van der Waals surface area contributed by atoms with Gasteiger partial charge in [0.1, 0.15) is 11.3 Å². The van der Waals surface area contributed by atoms with Crippen LogP contribution in [0, 0.1) is 0 Å². The number of carbonyl (C=O) groups excluding carboxylic acids is 1. The van der Waals surface area contributed by atoms with E-state index < -0.39 is 10.0 Å². The Labute approximate surface area is 163 Å². The minimum atomic E-state index is -3.46. The van der Waals surface area contributed by atoms with Crippen molar-refractivity contribution < 1.29 is 22.7 Å². The molecule has 0 bridgehead atoms. The van der Waals surface area contributed by atoms with Gasteiger partial charge in [-0.2, -0.15) is 0 Å². The highest BCUT2D eigenvalue weighted by Crippen LogP contribution is 2.34. The number of furan rings is 1. The second kappa shape index (κ2) is 7.93. The third kappa shape index (κ3) is 4.45. The Morgan fingerprint density at radius 1 is 1.14 bits per heavy atom. The molecule has 0 radical (unpaired) electrons. The largest absolute Gasteiger partial charge is 0.508 e. The summed E-state index contributed by atoms with van der Waals surface area (Å²) in [4.78, 5) is 13.2. The summed E-state index contributed by atoms with van der Waals surface area (Å²) >= 11 is 0. The van der Waals surface area contributed by atoms with E-state index in [-0.39, 0.29) is 11.5 Å². The number of phenolic OH excluding ortho intramolecular Hbond substituents is 1. The van der Waals surface area contributed by atoms with Crippen LogP contribution in [0.5, 0.6) is 5.75 Å². The zero-order valence-electron chi connectivity index (χ0n) is 15.7. The van der Waals surface area contributed by atoms with Crippen LogP contribution in [0.3, 0.4) is 0 Å². The van der Waals surface area contributed by atoms with Crippen molar-refractivity contribution in [2.45, 2.75) is 19.8 Å². The van der Waals surface area contributed by atoms with Crippen molar-refractivity contribution in [2.24, 2.45) is 0 Å². The van der Waals surface area contributed by atoms with Gasteiger partial charge in [0.25, 0.3) is 0 Å². The molecule has 0 amide bonds. The smallest absolute Gasteiger partial charge is 0.229 e. The molecule has 28 heavy (non-hydrogen) atoms. The number of ketones is 1. The third-order valence-electron chi connectivity index (χ3n) is 4.16. The van der Waals surface area contributed by atoms with Crippen LogP contribution in [0.1, 0.15) is 35.7 Å². The average Bonchev–Trinajstić information content (AvgIpc) is 2.98. The minimum Gasteiger partial charge on any atom is -0.508 e. The SMILES string of the molecule is CCCCNc1oc2ccc(NS(C)(=O)=O)cc2c1C(=O)c1ccc(O)cc1. The fraction of sp³-hybridized carbons (Fsp3) is 0.250. The molecule has 148 valence electrons. The van der Waals surface area contributed by atoms with Crippen molar-refractivity contribution in [1.82, 2.24) is 0 Å². The van der Waals surface area contributed by atoms with Gasteiger partial charge in [-0.05, 0) is 48.9 Å². The Balaban J connectivity index is 2.11. The van der Waals surface area contributed by atoms with Crippen LogP contribution in [-0.2, 0) is 10.0 Å². The molecule has 0 aliphatic carbocycles. The zero-order valence-corrected chi connectivity index (χ0v) is 16.5. The van der Waals surface area contributed by atoms with E-state index in [0.29, 0.717) is 40.2 Å². The maximum absolute atomic E-state index is 13.2. The second-order valence-corrected chi connectivity index (χ2v) is 8.30. The minimum absolute atomic E-state index is 0.0644. The molecule has 3 aromatic rings. The molecule has 1 aromatic heterocycles. The molecule has 0 fully saturated rings. The summed E-state index contributed by atoms with van der Waals surface area (Å²) in [6.45, 7) is 2.70. The number of aromatic hydroxyl groups is 1. The van der Waals surface area contributed by atoms with Crippen LogP contribution < -0.4 is 10.0 Å². The van der Waals surface area contributed by atoms with Crippen molar-refractivity contribution >= 4 is 38.3 Å². The molecule has 8 heteroatoms. The monoisotopic (exact) mass is 402 g/mol. The first-order valence-electron chi connectivity index (χ1n) is 8.90. The summed E-state index contributed by atoms with van der Waals surface area (Å²) in [6.07, 6.45) is 2.95. The number of benzene rings is 2. The molecule has 0 saturated heterocycles. The van der Waals surface area contributed by atoms with Crippen molar-refractivity contribution in [2.75, 3.05) is 22.8 Å². The number of unbranched alkanes of at least 4 members (excludes halogenated alkanes) is 1. The van der Waals surface area contributed by atoms with Crippen LogP contribution in [0.15, 0.2) is 46.9 Å². The van der Waals surface area contributed by atoms with E-state index in [0.717, 1.165) is 19.1 Å². The maximum atomic E-state index is 13.2. The summed E-state index contributed by atoms with van der Waals surface area (Å²) in [5.74, 6) is 0.127. The fourth-order valence-corrected chi connectivity index (χ4v) is 3.42. The van der Waals surface area contributed by atoms with Gasteiger partial charge in [-0.25, -0.2) is 8.42 Å². The molecule has 0 saturated carbocycles. The van der Waals surface area contributed by atoms with Crippen LogP contribution in [0.2, 0.25) is 0 Å². The zero-order chi connectivity index (χ0) is 20.3. The normalized spacial score (nSPS) is 11.5. The summed E-state index contributed by atoms with van der Waals surface area (Å²) in [6, 6.07) is 10.7. The number of phenols is 1. The molecule has 3 rings (SSSR count). The first kappa shape index (κ1) is 19.8. The van der Waals surface area contributed by atoms with Crippen molar-refractivity contribution in [1.29, 1.82) is 0 Å². The molecular weight excluding hydrogens is 380 g/mol. The Kier molecular flexibility index (Phi) is 5.60. The molecule has 0 aliphatic heterocycles. The average molecular weight is 402 g/mol. The molecule has 0 aliphatic rings. The van der Waals surface area contributed by atoms with Gasteiger partial charge in [-0.15, -0.1) is 0 Å². The van der Waals surface area contributed by atoms with Gasteiger partial charge in [0.05, 0.1) is 11.8 Å². The first-order chi connectivity index (χ1) is 13.3. The molecule has 3 N–H and O–H groups in total. The standard InChI is InChI=1S/C20H22N2O5S/c1-3-4-11-21-20-18(19(24)13-5-8-15(23)9-6-13)16-12-14(22-28(2,25)26)7-10-17(16)27-20/h5-10,12,21-23H,3-4,11H2,1-2H3. The van der Waals surface area contributed by atoms with Crippen molar-refractivity contribution in [3.63, 3.8) is 0 Å². The number of anilines is 2. The topological polar surface area (TPSA) is 109 Å². The van der Waals surface area contributed by atoms with E-state index in [9.17, 15) is 18.3 Å². The van der Waals surface area contributed by atoms with Crippen LogP contribution >= 0.6 is 0 Å². The quantitative estimate of drug-likeness (QED) is 0.389. The highest BCUT2D eigenvalue weighted by molar-refractivity contribution is 7.92. The van der Waals surface area contributed by atoms with Gasteiger partial charge in [0, 0.05) is 23.2 Å². The lowest BCUT2D eigenvalue weighted by Crippen LogP contribution is -2.09. The van der Waals surface area contributed by atoms with E-state index in [1.165, 1.54) is 24.3 Å². The second-order valence-electron chi connectivity index (χ2n) is 6.55. The number of sulfonamides is 1. The van der Waals surface area contributed by atoms with E-state index in [1.54, 1.807) is 18.2 Å². The van der Waals surface area contributed by atoms with Gasteiger partial charge >= 0.3 is 0 Å². The summed E-state index contributed by atoms with van der Waals surface area (Å²) in [7, 11) is -3.46. The molecule has 0 atom stereocenters. The lowest BCUT2D eigenvalue weighted by Gasteiger charge is -2.06. The first-order valence-corrected chi connectivity index (χ1v) is 10.8. The highest BCUT2D eigenvalue weighted by Gasteiger charge is 2.23. The lowest BCUT2D eigenvalue weighted by atomic mass is 10.0. The van der Waals surface area contributed by atoms with Gasteiger partial charge in [0.2, 0.25) is 15.9 Å². The van der Waals surface area contributed by atoms with Crippen LogP contribution in [0.4, 0.5) is 11.6 Å². The molecule has 0 unspecified atom stereocenters. The Morgan fingerprint density at radius 3 is 2.50 bits per heavy atom. The number of carbonyl (C=O) groups is 1. The maximum Gasteiger partial charge on any atom is 0.229 e. The predicted molar refractivity (Wildman–Crippen MR) is 110 cm³/mol. The number of nitrogens with one attached hydrogen (secondary N) is 2. The Morgan fingerprint density at radius 2 is 1.86 bits per heavy atom.